The van der Waals surface area contributed by atoms with Gasteiger partial charge in [0, 0.05) is 19.7 Å². The van der Waals surface area contributed by atoms with Crippen molar-refractivity contribution < 1.29 is 18.0 Å². The molecule has 132 valence electrons. The number of hydrazine groups is 1. The zero-order valence-electron chi connectivity index (χ0n) is 13.5. The van der Waals surface area contributed by atoms with Gasteiger partial charge in [0.25, 0.3) is 11.8 Å². The van der Waals surface area contributed by atoms with Gasteiger partial charge in [-0.05, 0) is 30.3 Å². The summed E-state index contributed by atoms with van der Waals surface area (Å²) < 4.78 is 25.3. The average molecular weight is 382 g/mol. The lowest BCUT2D eigenvalue weighted by molar-refractivity contribution is 0.0846. The Hall–Kier alpha value is -2.42. The quantitative estimate of drug-likeness (QED) is 0.787. The lowest BCUT2D eigenvalue weighted by atomic mass is 10.2. The molecule has 0 unspecified atom stereocenters. The Morgan fingerprint density at radius 2 is 1.56 bits per heavy atom. The second-order valence-corrected chi connectivity index (χ2v) is 7.76. The number of carbonyl (C=O) groups is 2. The Labute approximate surface area is 150 Å². The molecule has 0 atom stereocenters. The van der Waals surface area contributed by atoms with Crippen LogP contribution in [0.25, 0.3) is 0 Å². The number of hydrogen-bond acceptors (Lipinski definition) is 4. The van der Waals surface area contributed by atoms with Gasteiger partial charge in [-0.1, -0.05) is 29.8 Å². The Bertz CT molecular complexity index is 899. The number of carbonyl (C=O) groups excluding carboxylic acids is 2. The molecule has 2 amide bonds. The van der Waals surface area contributed by atoms with Crippen LogP contribution in [0.2, 0.25) is 5.02 Å². The highest BCUT2D eigenvalue weighted by Crippen LogP contribution is 2.22. The molecule has 0 saturated heterocycles. The standard InChI is InChI=1S/C16H16ClN3O4S/c1-20(2)25(23,24)12-8-9-14(17)13(10-12)16(22)19-18-15(21)11-6-4-3-5-7-11/h3-10H,1-2H3,(H,18,21)(H,19,22). The molecule has 0 aliphatic rings. The third kappa shape index (κ3) is 4.36. The maximum absolute atomic E-state index is 12.2. The molecule has 0 aliphatic carbocycles. The molecule has 9 heteroatoms. The van der Waals surface area contributed by atoms with Gasteiger partial charge in [0.2, 0.25) is 10.0 Å². The lowest BCUT2D eigenvalue weighted by Crippen LogP contribution is -2.41. The molecule has 2 N–H and O–H groups in total. The van der Waals surface area contributed by atoms with Gasteiger partial charge in [-0.15, -0.1) is 0 Å². The van der Waals surface area contributed by atoms with Gasteiger partial charge in [0.15, 0.2) is 0 Å². The minimum atomic E-state index is -3.72. The molecule has 2 aromatic carbocycles. The van der Waals surface area contributed by atoms with Crippen molar-refractivity contribution in [1.29, 1.82) is 0 Å². The molecule has 0 radical (unpaired) electrons. The van der Waals surface area contributed by atoms with E-state index in [-0.39, 0.29) is 15.5 Å². The number of nitrogens with zero attached hydrogens (tertiary/aromatic N) is 1. The highest BCUT2D eigenvalue weighted by Gasteiger charge is 2.21. The number of halogens is 1. The zero-order valence-corrected chi connectivity index (χ0v) is 15.1. The molecule has 0 spiro atoms. The van der Waals surface area contributed by atoms with E-state index < -0.39 is 21.8 Å². The fourth-order valence-electron chi connectivity index (χ4n) is 1.89. The summed E-state index contributed by atoms with van der Waals surface area (Å²) in [7, 11) is -0.959. The zero-order chi connectivity index (χ0) is 18.6. The van der Waals surface area contributed by atoms with Gasteiger partial charge in [-0.25, -0.2) is 12.7 Å². The number of amides is 2. The predicted molar refractivity (Wildman–Crippen MR) is 93.7 cm³/mol. The van der Waals surface area contributed by atoms with Crippen LogP contribution in [0.4, 0.5) is 0 Å². The van der Waals surface area contributed by atoms with E-state index in [0.717, 1.165) is 10.4 Å². The number of hydrogen-bond donors (Lipinski definition) is 2. The Balaban J connectivity index is 2.18. The van der Waals surface area contributed by atoms with E-state index in [1.165, 1.54) is 26.2 Å². The van der Waals surface area contributed by atoms with E-state index in [2.05, 4.69) is 10.9 Å². The Morgan fingerprint density at radius 1 is 0.960 bits per heavy atom. The first-order chi connectivity index (χ1) is 11.7. The highest BCUT2D eigenvalue weighted by atomic mass is 35.5. The molecule has 0 aliphatic heterocycles. The third-order valence-electron chi connectivity index (χ3n) is 3.29. The molecule has 0 bridgehead atoms. The van der Waals surface area contributed by atoms with Crippen LogP contribution in [-0.2, 0) is 10.0 Å². The molecule has 0 aromatic heterocycles. The monoisotopic (exact) mass is 381 g/mol. The van der Waals surface area contributed by atoms with E-state index in [1.54, 1.807) is 30.3 Å². The van der Waals surface area contributed by atoms with Crippen LogP contribution in [0, 0.1) is 0 Å². The first kappa shape index (κ1) is 18.9. The van der Waals surface area contributed by atoms with Gasteiger partial charge in [0.1, 0.15) is 0 Å². The molecular formula is C16H16ClN3O4S. The van der Waals surface area contributed by atoms with Crippen molar-refractivity contribution >= 4 is 33.4 Å². The highest BCUT2D eigenvalue weighted by molar-refractivity contribution is 7.89. The topological polar surface area (TPSA) is 95.6 Å². The molecule has 2 rings (SSSR count). The summed E-state index contributed by atoms with van der Waals surface area (Å²) >= 11 is 5.97. The fourth-order valence-corrected chi connectivity index (χ4v) is 3.02. The average Bonchev–Trinajstić information content (AvgIpc) is 2.60. The van der Waals surface area contributed by atoms with Gasteiger partial charge in [-0.2, -0.15) is 0 Å². The first-order valence-corrected chi connectivity index (χ1v) is 8.93. The van der Waals surface area contributed by atoms with E-state index in [4.69, 9.17) is 11.6 Å². The fraction of sp³-hybridized carbons (Fsp3) is 0.125. The van der Waals surface area contributed by atoms with Crippen molar-refractivity contribution in [2.24, 2.45) is 0 Å². The minimum Gasteiger partial charge on any atom is -0.267 e. The minimum absolute atomic E-state index is 0.0594. The molecule has 0 saturated carbocycles. The van der Waals surface area contributed by atoms with Crippen molar-refractivity contribution in [3.63, 3.8) is 0 Å². The number of rotatable bonds is 4. The van der Waals surface area contributed by atoms with Crippen LogP contribution in [0.15, 0.2) is 53.4 Å². The summed E-state index contributed by atoms with van der Waals surface area (Å²) in [6, 6.07) is 12.1. The maximum atomic E-state index is 12.2. The summed E-state index contributed by atoms with van der Waals surface area (Å²) in [5.74, 6) is -1.24. The van der Waals surface area contributed by atoms with Crippen LogP contribution in [0.3, 0.4) is 0 Å². The predicted octanol–water partition coefficient (Wildman–Crippen LogP) is 1.67. The van der Waals surface area contributed by atoms with E-state index in [0.29, 0.717) is 5.56 Å². The summed E-state index contributed by atoms with van der Waals surface area (Å²) in [5.41, 5.74) is 4.75. The van der Waals surface area contributed by atoms with Crippen LogP contribution in [0.1, 0.15) is 20.7 Å². The second-order valence-electron chi connectivity index (χ2n) is 5.20. The lowest BCUT2D eigenvalue weighted by Gasteiger charge is -2.13. The van der Waals surface area contributed by atoms with Crippen molar-refractivity contribution in [1.82, 2.24) is 15.2 Å². The summed E-state index contributed by atoms with van der Waals surface area (Å²) in [6.07, 6.45) is 0. The van der Waals surface area contributed by atoms with Crippen molar-refractivity contribution in [2.75, 3.05) is 14.1 Å². The summed E-state index contributed by atoms with van der Waals surface area (Å²) in [4.78, 5) is 24.1. The number of sulfonamides is 1. The molecule has 0 heterocycles. The van der Waals surface area contributed by atoms with Crippen LogP contribution >= 0.6 is 11.6 Å². The van der Waals surface area contributed by atoms with E-state index in [9.17, 15) is 18.0 Å². The Morgan fingerprint density at radius 3 is 2.16 bits per heavy atom. The van der Waals surface area contributed by atoms with Crippen molar-refractivity contribution in [2.45, 2.75) is 4.90 Å². The molecule has 25 heavy (non-hydrogen) atoms. The summed E-state index contributed by atoms with van der Waals surface area (Å²) in [5, 5.41) is 0.0594. The number of benzene rings is 2. The van der Waals surface area contributed by atoms with Gasteiger partial charge in [-0.3, -0.25) is 20.4 Å². The van der Waals surface area contributed by atoms with E-state index >= 15 is 0 Å². The number of nitrogens with one attached hydrogen (secondary N) is 2. The third-order valence-corrected chi connectivity index (χ3v) is 5.43. The second kappa shape index (κ2) is 7.64. The van der Waals surface area contributed by atoms with Crippen LogP contribution in [0.5, 0.6) is 0 Å². The van der Waals surface area contributed by atoms with Gasteiger partial charge >= 0.3 is 0 Å². The molecule has 7 nitrogen and oxygen atoms in total. The molecular weight excluding hydrogens is 366 g/mol. The first-order valence-electron chi connectivity index (χ1n) is 7.11. The smallest absolute Gasteiger partial charge is 0.267 e. The van der Waals surface area contributed by atoms with Crippen LogP contribution < -0.4 is 10.9 Å². The summed E-state index contributed by atoms with van der Waals surface area (Å²) in [6.45, 7) is 0. The largest absolute Gasteiger partial charge is 0.271 e. The normalized spacial score (nSPS) is 11.2. The van der Waals surface area contributed by atoms with Crippen molar-refractivity contribution in [3.8, 4) is 0 Å². The maximum Gasteiger partial charge on any atom is 0.271 e. The van der Waals surface area contributed by atoms with Crippen molar-refractivity contribution in [3.05, 3.63) is 64.7 Å². The van der Waals surface area contributed by atoms with E-state index in [1.807, 2.05) is 0 Å². The molecule has 0 fully saturated rings. The van der Waals surface area contributed by atoms with Gasteiger partial charge < -0.3 is 0 Å². The van der Waals surface area contributed by atoms with Gasteiger partial charge in [0.05, 0.1) is 15.5 Å². The SMILES string of the molecule is CN(C)S(=O)(=O)c1ccc(Cl)c(C(=O)NNC(=O)c2ccccc2)c1. The Kier molecular flexibility index (Phi) is 5.78. The van der Waals surface area contributed by atoms with Crippen LogP contribution in [-0.4, -0.2) is 38.6 Å². The molecule has 2 aromatic rings.